The van der Waals surface area contributed by atoms with Crippen molar-refractivity contribution in [3.8, 4) is 11.5 Å². The third kappa shape index (κ3) is 9.49. The molecule has 0 aliphatic heterocycles. The van der Waals surface area contributed by atoms with E-state index in [-0.39, 0.29) is 6.54 Å². The molecule has 27 heavy (non-hydrogen) atoms. The summed E-state index contributed by atoms with van der Waals surface area (Å²) >= 11 is 0. The van der Waals surface area contributed by atoms with Crippen LogP contribution in [-0.2, 0) is 4.74 Å². The summed E-state index contributed by atoms with van der Waals surface area (Å²) in [6.45, 7) is 9.52. The maximum atomic E-state index is 10.5. The first-order chi connectivity index (χ1) is 13.0. The largest absolute Gasteiger partial charge is 0.497 e. The fourth-order valence-corrected chi connectivity index (χ4v) is 2.35. The SMILES string of the molecule is CCNC(=NCC(O)c1cc(OC)cc(OC)c1)NCCCOCC(C)C. The molecule has 0 saturated carbocycles. The van der Waals surface area contributed by atoms with Crippen LogP contribution in [0.4, 0.5) is 0 Å². The molecule has 0 heterocycles. The first kappa shape index (κ1) is 23.0. The van der Waals surface area contributed by atoms with Gasteiger partial charge in [-0.1, -0.05) is 13.8 Å². The first-order valence-electron chi connectivity index (χ1n) is 9.51. The predicted molar refractivity (Wildman–Crippen MR) is 109 cm³/mol. The molecule has 0 aliphatic rings. The number of benzene rings is 1. The Balaban J connectivity index is 2.56. The fourth-order valence-electron chi connectivity index (χ4n) is 2.35. The molecule has 1 atom stereocenters. The Kier molecular flexibility index (Phi) is 11.3. The van der Waals surface area contributed by atoms with Crippen LogP contribution in [0.25, 0.3) is 0 Å². The van der Waals surface area contributed by atoms with E-state index in [0.717, 1.165) is 32.7 Å². The second kappa shape index (κ2) is 13.2. The second-order valence-electron chi connectivity index (χ2n) is 6.63. The van der Waals surface area contributed by atoms with Gasteiger partial charge in [0, 0.05) is 32.4 Å². The zero-order valence-corrected chi connectivity index (χ0v) is 17.2. The lowest BCUT2D eigenvalue weighted by atomic mass is 10.1. The summed E-state index contributed by atoms with van der Waals surface area (Å²) in [5.41, 5.74) is 0.702. The van der Waals surface area contributed by atoms with Crippen molar-refractivity contribution in [1.82, 2.24) is 10.6 Å². The van der Waals surface area contributed by atoms with Gasteiger partial charge in [0.05, 0.1) is 26.9 Å². The third-order valence-corrected chi connectivity index (χ3v) is 3.73. The lowest BCUT2D eigenvalue weighted by Crippen LogP contribution is -2.38. The van der Waals surface area contributed by atoms with E-state index in [1.54, 1.807) is 32.4 Å². The normalized spacial score (nSPS) is 12.8. The Bertz CT molecular complexity index is 542. The van der Waals surface area contributed by atoms with E-state index in [1.807, 2.05) is 6.92 Å². The molecule has 1 rings (SSSR count). The van der Waals surface area contributed by atoms with Gasteiger partial charge in [-0.25, -0.2) is 0 Å². The van der Waals surface area contributed by atoms with Crippen LogP contribution in [0.5, 0.6) is 11.5 Å². The first-order valence-corrected chi connectivity index (χ1v) is 9.51. The predicted octanol–water partition coefficient (Wildman–Crippen LogP) is 2.35. The van der Waals surface area contributed by atoms with Crippen molar-refractivity contribution in [1.29, 1.82) is 0 Å². The number of nitrogens with zero attached hydrogens (tertiary/aromatic N) is 1. The molecule has 7 heteroatoms. The minimum atomic E-state index is -0.751. The zero-order valence-electron chi connectivity index (χ0n) is 17.2. The summed E-state index contributed by atoms with van der Waals surface area (Å²) in [5.74, 6) is 2.50. The Morgan fingerprint density at radius 1 is 1.11 bits per heavy atom. The summed E-state index contributed by atoms with van der Waals surface area (Å²) in [5, 5.41) is 16.9. The molecule has 7 nitrogen and oxygen atoms in total. The minimum absolute atomic E-state index is 0.232. The van der Waals surface area contributed by atoms with Crippen LogP contribution in [0.1, 0.15) is 38.9 Å². The van der Waals surface area contributed by atoms with Crippen LogP contribution in [-0.4, -0.2) is 58.1 Å². The van der Waals surface area contributed by atoms with E-state index in [1.165, 1.54) is 0 Å². The third-order valence-electron chi connectivity index (χ3n) is 3.73. The number of rotatable bonds is 12. The molecular formula is C20H35N3O4. The molecule has 0 radical (unpaired) electrons. The second-order valence-corrected chi connectivity index (χ2v) is 6.63. The summed E-state index contributed by atoms with van der Waals surface area (Å²) in [6, 6.07) is 5.34. The lowest BCUT2D eigenvalue weighted by molar-refractivity contribution is 0.108. The Morgan fingerprint density at radius 2 is 1.78 bits per heavy atom. The zero-order chi connectivity index (χ0) is 20.1. The van der Waals surface area contributed by atoms with E-state index in [4.69, 9.17) is 14.2 Å². The molecule has 1 aromatic carbocycles. The van der Waals surface area contributed by atoms with Crippen LogP contribution < -0.4 is 20.1 Å². The van der Waals surface area contributed by atoms with Crippen LogP contribution in [0.3, 0.4) is 0 Å². The van der Waals surface area contributed by atoms with Gasteiger partial charge in [0.1, 0.15) is 11.5 Å². The van der Waals surface area contributed by atoms with Crippen molar-refractivity contribution in [2.45, 2.75) is 33.3 Å². The molecule has 0 bridgehead atoms. The van der Waals surface area contributed by atoms with Gasteiger partial charge in [-0.2, -0.15) is 0 Å². The number of aliphatic imine (C=N–C) groups is 1. The number of aliphatic hydroxyl groups is 1. The molecule has 0 aliphatic carbocycles. The average Bonchev–Trinajstić information content (AvgIpc) is 2.67. The highest BCUT2D eigenvalue weighted by Crippen LogP contribution is 2.26. The number of ether oxygens (including phenoxy) is 3. The van der Waals surface area contributed by atoms with E-state index in [0.29, 0.717) is 28.9 Å². The Labute approximate surface area is 163 Å². The maximum Gasteiger partial charge on any atom is 0.191 e. The number of hydrogen-bond acceptors (Lipinski definition) is 5. The molecule has 0 amide bonds. The van der Waals surface area contributed by atoms with Crippen molar-refractivity contribution >= 4 is 5.96 Å². The van der Waals surface area contributed by atoms with Crippen molar-refractivity contribution < 1.29 is 19.3 Å². The van der Waals surface area contributed by atoms with Crippen molar-refractivity contribution in [2.75, 3.05) is 47.1 Å². The molecule has 0 aromatic heterocycles. The van der Waals surface area contributed by atoms with Crippen LogP contribution in [0, 0.1) is 5.92 Å². The molecular weight excluding hydrogens is 346 g/mol. The quantitative estimate of drug-likeness (QED) is 0.293. The van der Waals surface area contributed by atoms with Gasteiger partial charge in [0.15, 0.2) is 5.96 Å². The molecule has 154 valence electrons. The van der Waals surface area contributed by atoms with Crippen molar-refractivity contribution in [2.24, 2.45) is 10.9 Å². The highest BCUT2D eigenvalue weighted by molar-refractivity contribution is 5.79. The minimum Gasteiger partial charge on any atom is -0.497 e. The van der Waals surface area contributed by atoms with Gasteiger partial charge in [-0.05, 0) is 37.0 Å². The Hall–Kier alpha value is -1.99. The standard InChI is InChI=1S/C20H35N3O4/c1-6-21-20(22-8-7-9-27-14-15(2)3)23-13-19(24)16-10-17(25-4)12-18(11-16)26-5/h10-12,15,19,24H,6-9,13-14H2,1-5H3,(H2,21,22,23). The monoisotopic (exact) mass is 381 g/mol. The summed E-state index contributed by atoms with van der Waals surface area (Å²) < 4.78 is 16.1. The molecule has 0 spiro atoms. The lowest BCUT2D eigenvalue weighted by Gasteiger charge is -2.15. The Morgan fingerprint density at radius 3 is 2.33 bits per heavy atom. The number of guanidine groups is 1. The maximum absolute atomic E-state index is 10.5. The van der Waals surface area contributed by atoms with Gasteiger partial charge < -0.3 is 30.0 Å². The fraction of sp³-hybridized carbons (Fsp3) is 0.650. The van der Waals surface area contributed by atoms with E-state index in [9.17, 15) is 5.11 Å². The van der Waals surface area contributed by atoms with E-state index in [2.05, 4.69) is 29.5 Å². The van der Waals surface area contributed by atoms with Gasteiger partial charge in [-0.3, -0.25) is 4.99 Å². The average molecular weight is 382 g/mol. The highest BCUT2D eigenvalue weighted by atomic mass is 16.5. The molecule has 0 fully saturated rings. The molecule has 1 aromatic rings. The topological polar surface area (TPSA) is 84.3 Å². The van der Waals surface area contributed by atoms with Crippen LogP contribution in [0.2, 0.25) is 0 Å². The molecule has 3 N–H and O–H groups in total. The number of nitrogens with one attached hydrogen (secondary N) is 2. The van der Waals surface area contributed by atoms with E-state index < -0.39 is 6.10 Å². The summed E-state index contributed by atoms with van der Waals surface area (Å²) in [7, 11) is 3.17. The van der Waals surface area contributed by atoms with Crippen molar-refractivity contribution in [3.05, 3.63) is 23.8 Å². The van der Waals surface area contributed by atoms with Gasteiger partial charge in [-0.15, -0.1) is 0 Å². The number of aliphatic hydroxyl groups excluding tert-OH is 1. The molecule has 1 unspecified atom stereocenters. The summed E-state index contributed by atoms with van der Waals surface area (Å²) in [4.78, 5) is 4.47. The highest BCUT2D eigenvalue weighted by Gasteiger charge is 2.11. The number of hydrogen-bond donors (Lipinski definition) is 3. The smallest absolute Gasteiger partial charge is 0.191 e. The van der Waals surface area contributed by atoms with Gasteiger partial charge in [0.25, 0.3) is 0 Å². The van der Waals surface area contributed by atoms with E-state index >= 15 is 0 Å². The van der Waals surface area contributed by atoms with Crippen LogP contribution in [0.15, 0.2) is 23.2 Å². The van der Waals surface area contributed by atoms with Crippen molar-refractivity contribution in [3.63, 3.8) is 0 Å². The molecule has 0 saturated heterocycles. The van der Waals surface area contributed by atoms with Gasteiger partial charge in [0.2, 0.25) is 0 Å². The van der Waals surface area contributed by atoms with Crippen LogP contribution >= 0.6 is 0 Å². The number of methoxy groups -OCH3 is 2. The van der Waals surface area contributed by atoms with Gasteiger partial charge >= 0.3 is 0 Å². The summed E-state index contributed by atoms with van der Waals surface area (Å²) in [6.07, 6.45) is 0.145.